The molecule has 0 unspecified atom stereocenters. The molecule has 0 aliphatic rings. The zero-order valence-corrected chi connectivity index (χ0v) is 10.5. The maximum absolute atomic E-state index is 9.37. The lowest BCUT2D eigenvalue weighted by Gasteiger charge is -2.25. The second kappa shape index (κ2) is 4.25. The zero-order chi connectivity index (χ0) is 11.8. The Kier molecular flexibility index (Phi) is 3.12. The Labute approximate surface area is 103 Å². The van der Waals surface area contributed by atoms with E-state index in [9.17, 15) is 10.2 Å². The molecule has 0 aliphatic heterocycles. The molecule has 0 atom stereocenters. The smallest absolute Gasteiger partial charge is 0.124 e. The SMILES string of the molecule is CC(CO)(CO)n1sc2ccccc2c1=S. The Hall–Kier alpha value is -0.750. The van der Waals surface area contributed by atoms with Gasteiger partial charge in [0.15, 0.2) is 0 Å². The molecule has 0 radical (unpaired) electrons. The van der Waals surface area contributed by atoms with Crippen LogP contribution in [0.25, 0.3) is 10.1 Å². The summed E-state index contributed by atoms with van der Waals surface area (Å²) in [6.07, 6.45) is 0. The summed E-state index contributed by atoms with van der Waals surface area (Å²) in [6, 6.07) is 7.83. The van der Waals surface area contributed by atoms with Crippen LogP contribution < -0.4 is 0 Å². The van der Waals surface area contributed by atoms with Gasteiger partial charge in [-0.1, -0.05) is 41.9 Å². The highest BCUT2D eigenvalue weighted by Gasteiger charge is 2.26. The van der Waals surface area contributed by atoms with Crippen LogP contribution in [0.15, 0.2) is 24.3 Å². The van der Waals surface area contributed by atoms with Gasteiger partial charge in [-0.15, -0.1) is 0 Å². The maximum Gasteiger partial charge on any atom is 0.124 e. The lowest BCUT2D eigenvalue weighted by molar-refractivity contribution is 0.0851. The van der Waals surface area contributed by atoms with Gasteiger partial charge in [-0.3, -0.25) is 3.96 Å². The van der Waals surface area contributed by atoms with E-state index < -0.39 is 5.54 Å². The molecule has 2 N–H and O–H groups in total. The number of nitrogens with zero attached hydrogens (tertiary/aromatic N) is 1. The first kappa shape index (κ1) is 11.7. The van der Waals surface area contributed by atoms with Crippen molar-refractivity contribution in [2.75, 3.05) is 13.2 Å². The predicted molar refractivity (Wildman–Crippen MR) is 68.5 cm³/mol. The summed E-state index contributed by atoms with van der Waals surface area (Å²) in [5, 5.41) is 19.7. The standard InChI is InChI=1S/C11H13NO2S2/c1-11(6-13,7-14)12-10(15)8-4-2-3-5-9(8)16-12/h2-5,13-14H,6-7H2,1H3. The molecule has 86 valence electrons. The van der Waals surface area contributed by atoms with Crippen LogP contribution in [-0.4, -0.2) is 27.4 Å². The van der Waals surface area contributed by atoms with Gasteiger partial charge < -0.3 is 10.2 Å². The number of aromatic nitrogens is 1. The lowest BCUT2D eigenvalue weighted by atomic mass is 10.1. The fourth-order valence-electron chi connectivity index (χ4n) is 1.51. The molecule has 16 heavy (non-hydrogen) atoms. The second-order valence-corrected chi connectivity index (χ2v) is 5.37. The number of aliphatic hydroxyl groups is 2. The topological polar surface area (TPSA) is 45.4 Å². The van der Waals surface area contributed by atoms with Crippen LogP contribution in [0.3, 0.4) is 0 Å². The van der Waals surface area contributed by atoms with Crippen molar-refractivity contribution in [3.8, 4) is 0 Å². The number of aliphatic hydroxyl groups excluding tert-OH is 2. The summed E-state index contributed by atoms with van der Waals surface area (Å²) in [5.74, 6) is 0. The third kappa shape index (κ3) is 1.69. The third-order valence-electron chi connectivity index (χ3n) is 2.66. The molecule has 0 bridgehead atoms. The average molecular weight is 255 g/mol. The van der Waals surface area contributed by atoms with Gasteiger partial charge in [-0.25, -0.2) is 0 Å². The van der Waals surface area contributed by atoms with Crippen LogP contribution in [0, 0.1) is 4.64 Å². The van der Waals surface area contributed by atoms with E-state index in [4.69, 9.17) is 12.2 Å². The molecule has 0 saturated heterocycles. The van der Waals surface area contributed by atoms with E-state index in [-0.39, 0.29) is 13.2 Å². The van der Waals surface area contributed by atoms with Crippen molar-refractivity contribution < 1.29 is 10.2 Å². The normalized spacial score (nSPS) is 12.2. The van der Waals surface area contributed by atoms with Crippen molar-refractivity contribution in [2.45, 2.75) is 12.5 Å². The maximum atomic E-state index is 9.37. The van der Waals surface area contributed by atoms with Crippen LogP contribution in [0.4, 0.5) is 0 Å². The van der Waals surface area contributed by atoms with Crippen molar-refractivity contribution >= 4 is 33.8 Å². The summed E-state index contributed by atoms with van der Waals surface area (Å²) in [6.45, 7) is 1.52. The van der Waals surface area contributed by atoms with Crippen LogP contribution in [0.5, 0.6) is 0 Å². The van der Waals surface area contributed by atoms with Gasteiger partial charge in [0, 0.05) is 5.39 Å². The molecule has 0 fully saturated rings. The van der Waals surface area contributed by atoms with Gasteiger partial charge in [0.2, 0.25) is 0 Å². The fraction of sp³-hybridized carbons (Fsp3) is 0.364. The van der Waals surface area contributed by atoms with E-state index in [1.165, 1.54) is 11.5 Å². The van der Waals surface area contributed by atoms with Gasteiger partial charge in [0.05, 0.1) is 23.5 Å². The summed E-state index contributed by atoms with van der Waals surface area (Å²) >= 11 is 6.83. The lowest BCUT2D eigenvalue weighted by Crippen LogP contribution is -2.36. The molecule has 3 nitrogen and oxygen atoms in total. The fourth-order valence-corrected chi connectivity index (χ4v) is 3.20. The zero-order valence-electron chi connectivity index (χ0n) is 8.88. The Bertz CT molecular complexity index is 554. The molecular weight excluding hydrogens is 242 g/mol. The number of hydrogen-bond acceptors (Lipinski definition) is 4. The minimum atomic E-state index is -0.721. The molecule has 2 rings (SSSR count). The summed E-state index contributed by atoms with van der Waals surface area (Å²) in [5.41, 5.74) is -0.721. The van der Waals surface area contributed by atoms with Crippen molar-refractivity contribution in [3.63, 3.8) is 0 Å². The summed E-state index contributed by atoms with van der Waals surface area (Å²) < 4.78 is 3.55. The van der Waals surface area contributed by atoms with E-state index >= 15 is 0 Å². The summed E-state index contributed by atoms with van der Waals surface area (Å²) in [4.78, 5) is 0. The van der Waals surface area contributed by atoms with Gasteiger partial charge in [0.25, 0.3) is 0 Å². The van der Waals surface area contributed by atoms with Gasteiger partial charge in [-0.2, -0.15) is 0 Å². The molecule has 5 heteroatoms. The highest BCUT2D eigenvalue weighted by molar-refractivity contribution is 7.71. The largest absolute Gasteiger partial charge is 0.394 e. The average Bonchev–Trinajstić information content (AvgIpc) is 2.67. The van der Waals surface area contributed by atoms with Crippen LogP contribution in [-0.2, 0) is 5.54 Å². The highest BCUT2D eigenvalue weighted by Crippen LogP contribution is 2.28. The minimum absolute atomic E-state index is 0.134. The molecule has 0 saturated carbocycles. The Morgan fingerprint density at radius 1 is 1.31 bits per heavy atom. The van der Waals surface area contributed by atoms with E-state index in [1.807, 2.05) is 28.2 Å². The Morgan fingerprint density at radius 3 is 2.50 bits per heavy atom. The van der Waals surface area contributed by atoms with Crippen molar-refractivity contribution in [1.82, 2.24) is 3.96 Å². The quantitative estimate of drug-likeness (QED) is 0.826. The van der Waals surface area contributed by atoms with Crippen molar-refractivity contribution in [3.05, 3.63) is 28.9 Å². The number of hydrogen-bond donors (Lipinski definition) is 2. The van der Waals surface area contributed by atoms with Crippen molar-refractivity contribution in [2.24, 2.45) is 0 Å². The highest BCUT2D eigenvalue weighted by atomic mass is 32.1. The Balaban J connectivity index is 2.71. The first-order valence-electron chi connectivity index (χ1n) is 4.95. The minimum Gasteiger partial charge on any atom is -0.394 e. The van der Waals surface area contributed by atoms with E-state index in [1.54, 1.807) is 6.92 Å². The molecule has 1 aromatic carbocycles. The summed E-state index contributed by atoms with van der Waals surface area (Å²) in [7, 11) is 0. The Morgan fingerprint density at radius 2 is 1.94 bits per heavy atom. The molecule has 0 amide bonds. The molecule has 1 aromatic heterocycles. The molecule has 2 aromatic rings. The van der Waals surface area contributed by atoms with Crippen molar-refractivity contribution in [1.29, 1.82) is 0 Å². The molecule has 0 aliphatic carbocycles. The van der Waals surface area contributed by atoms with Gasteiger partial charge in [-0.05, 0) is 13.0 Å². The van der Waals surface area contributed by atoms with Crippen LogP contribution in [0.1, 0.15) is 6.92 Å². The molecular formula is C11H13NO2S2. The van der Waals surface area contributed by atoms with Crippen LogP contribution >= 0.6 is 23.8 Å². The second-order valence-electron chi connectivity index (χ2n) is 4.00. The third-order valence-corrected chi connectivity index (χ3v) is 4.54. The monoisotopic (exact) mass is 255 g/mol. The predicted octanol–water partition coefficient (Wildman–Crippen LogP) is 2.13. The first-order chi connectivity index (χ1) is 7.62. The van der Waals surface area contributed by atoms with Gasteiger partial charge >= 0.3 is 0 Å². The van der Waals surface area contributed by atoms with Gasteiger partial charge in [0.1, 0.15) is 4.64 Å². The number of rotatable bonds is 3. The molecule has 0 spiro atoms. The van der Waals surface area contributed by atoms with Crippen LogP contribution in [0.2, 0.25) is 0 Å². The first-order valence-corrected chi connectivity index (χ1v) is 6.14. The van der Waals surface area contributed by atoms with E-state index in [2.05, 4.69) is 0 Å². The number of benzene rings is 1. The number of fused-ring (bicyclic) bond motifs is 1. The molecule has 1 heterocycles. The van der Waals surface area contributed by atoms with E-state index in [0.29, 0.717) is 4.64 Å². The van der Waals surface area contributed by atoms with E-state index in [0.717, 1.165) is 10.1 Å².